The first kappa shape index (κ1) is 21.2. The zero-order valence-corrected chi connectivity index (χ0v) is 17.6. The van der Waals surface area contributed by atoms with E-state index in [1.165, 1.54) is 11.3 Å². The minimum absolute atomic E-state index is 0.174. The molecule has 5 heteroatoms. The van der Waals surface area contributed by atoms with Crippen molar-refractivity contribution in [2.24, 2.45) is 0 Å². The van der Waals surface area contributed by atoms with Gasteiger partial charge in [-0.3, -0.25) is 0 Å². The van der Waals surface area contributed by atoms with Gasteiger partial charge in [0.1, 0.15) is 30.0 Å². The third kappa shape index (κ3) is 6.23. The molecular formula is C24H31NO4. The Hall–Kier alpha value is -2.53. The molecule has 1 unspecified atom stereocenters. The Balaban J connectivity index is 1.50. The van der Waals surface area contributed by atoms with Gasteiger partial charge >= 0.3 is 0 Å². The largest absolute Gasteiger partial charge is 0.491 e. The number of Topliss-reactive ketones (excluding diaryl/α,β-unsaturated/α-hetero) is 1. The zero-order valence-electron chi connectivity index (χ0n) is 17.6. The van der Waals surface area contributed by atoms with Crippen molar-refractivity contribution in [3.05, 3.63) is 54.1 Å². The highest BCUT2D eigenvalue weighted by molar-refractivity contribution is 5.76. The second kappa shape index (κ2) is 10.3. The third-order valence-electron chi connectivity index (χ3n) is 5.25. The van der Waals surface area contributed by atoms with Gasteiger partial charge in [0.05, 0.1) is 13.2 Å². The van der Waals surface area contributed by atoms with Gasteiger partial charge in [-0.1, -0.05) is 19.1 Å². The summed E-state index contributed by atoms with van der Waals surface area (Å²) in [6.07, 6.45) is 1.75. The first-order valence-electron chi connectivity index (χ1n) is 10.3. The maximum atomic E-state index is 11.3. The van der Waals surface area contributed by atoms with Gasteiger partial charge in [0.2, 0.25) is 0 Å². The van der Waals surface area contributed by atoms with Gasteiger partial charge in [-0.15, -0.1) is 0 Å². The summed E-state index contributed by atoms with van der Waals surface area (Å²) in [6.45, 7) is 6.71. The van der Waals surface area contributed by atoms with E-state index in [9.17, 15) is 4.79 Å². The average Bonchev–Trinajstić information content (AvgIpc) is 3.17. The van der Waals surface area contributed by atoms with Crippen molar-refractivity contribution in [1.82, 2.24) is 0 Å². The molecule has 0 N–H and O–H groups in total. The smallest absolute Gasteiger partial charge is 0.130 e. The number of benzene rings is 2. The van der Waals surface area contributed by atoms with E-state index in [1.54, 1.807) is 14.0 Å². The Morgan fingerprint density at radius 2 is 1.76 bits per heavy atom. The molecule has 1 aliphatic rings. The molecule has 0 saturated carbocycles. The van der Waals surface area contributed by atoms with Crippen LogP contribution in [0.4, 0.5) is 5.69 Å². The van der Waals surface area contributed by atoms with Crippen LogP contribution in [-0.2, 0) is 9.53 Å². The van der Waals surface area contributed by atoms with Gasteiger partial charge < -0.3 is 23.9 Å². The number of hydrogen-bond acceptors (Lipinski definition) is 5. The highest BCUT2D eigenvalue weighted by Gasteiger charge is 2.24. The number of ether oxygens (including phenoxy) is 3. The van der Waals surface area contributed by atoms with Crippen molar-refractivity contribution in [2.45, 2.75) is 38.7 Å². The molecule has 0 radical (unpaired) electrons. The number of methoxy groups -OCH3 is 1. The second-order valence-corrected chi connectivity index (χ2v) is 7.69. The third-order valence-corrected chi connectivity index (χ3v) is 5.25. The molecule has 156 valence electrons. The Kier molecular flexibility index (Phi) is 7.53. The van der Waals surface area contributed by atoms with Crippen molar-refractivity contribution in [1.29, 1.82) is 0 Å². The van der Waals surface area contributed by atoms with E-state index in [0.717, 1.165) is 31.0 Å². The minimum atomic E-state index is 0.174. The van der Waals surface area contributed by atoms with Crippen LogP contribution in [0.25, 0.3) is 0 Å². The van der Waals surface area contributed by atoms with E-state index in [1.807, 2.05) is 24.3 Å². The van der Waals surface area contributed by atoms with Gasteiger partial charge in [0, 0.05) is 32.2 Å². The molecule has 3 rings (SSSR count). The number of nitrogens with zero attached hydrogens (tertiary/aromatic N) is 1. The summed E-state index contributed by atoms with van der Waals surface area (Å²) in [5.74, 6) is 2.21. The van der Waals surface area contributed by atoms with Gasteiger partial charge in [0.15, 0.2) is 0 Å². The standard InChI is InChI=1S/C24H31NO4/c1-18(16-19(2)26)20-4-8-23(9-5-20)29-24-12-13-25(17-24)21-6-10-22(11-7-21)28-15-14-27-3/h4-11,18,24H,12-17H2,1-3H3/t18-,24?/m1/s1. The van der Waals surface area contributed by atoms with E-state index in [0.29, 0.717) is 19.6 Å². The fourth-order valence-corrected chi connectivity index (χ4v) is 3.67. The van der Waals surface area contributed by atoms with E-state index >= 15 is 0 Å². The molecule has 1 saturated heterocycles. The van der Waals surface area contributed by atoms with E-state index in [-0.39, 0.29) is 17.8 Å². The Morgan fingerprint density at radius 3 is 2.41 bits per heavy atom. The van der Waals surface area contributed by atoms with Crippen LogP contribution in [0.1, 0.15) is 38.2 Å². The maximum absolute atomic E-state index is 11.3. The SMILES string of the molecule is COCCOc1ccc(N2CCC(Oc3ccc([C@H](C)CC(C)=O)cc3)C2)cc1. The maximum Gasteiger partial charge on any atom is 0.130 e. The molecule has 2 aromatic carbocycles. The van der Waals surface area contributed by atoms with E-state index in [2.05, 4.69) is 36.1 Å². The van der Waals surface area contributed by atoms with Crippen LogP contribution >= 0.6 is 0 Å². The average molecular weight is 398 g/mol. The number of hydrogen-bond donors (Lipinski definition) is 0. The molecular weight excluding hydrogens is 366 g/mol. The summed E-state index contributed by atoms with van der Waals surface area (Å²) in [5.41, 5.74) is 2.36. The summed E-state index contributed by atoms with van der Waals surface area (Å²) < 4.78 is 16.8. The Morgan fingerprint density at radius 1 is 1.07 bits per heavy atom. The number of rotatable bonds is 10. The first-order valence-corrected chi connectivity index (χ1v) is 10.3. The predicted octanol–water partition coefficient (Wildman–Crippen LogP) is 4.45. The highest BCUT2D eigenvalue weighted by Crippen LogP contribution is 2.27. The number of carbonyl (C=O) groups is 1. The van der Waals surface area contributed by atoms with E-state index in [4.69, 9.17) is 14.2 Å². The summed E-state index contributed by atoms with van der Waals surface area (Å²) in [6, 6.07) is 16.4. The minimum Gasteiger partial charge on any atom is -0.491 e. The summed E-state index contributed by atoms with van der Waals surface area (Å²) in [5, 5.41) is 0. The lowest BCUT2D eigenvalue weighted by Gasteiger charge is -2.20. The molecule has 2 atom stereocenters. The lowest BCUT2D eigenvalue weighted by atomic mass is 9.96. The lowest BCUT2D eigenvalue weighted by molar-refractivity contribution is -0.117. The van der Waals surface area contributed by atoms with E-state index < -0.39 is 0 Å². The molecule has 0 bridgehead atoms. The molecule has 5 nitrogen and oxygen atoms in total. The number of carbonyl (C=O) groups excluding carboxylic acids is 1. The summed E-state index contributed by atoms with van der Waals surface area (Å²) >= 11 is 0. The van der Waals surface area contributed by atoms with Crippen molar-refractivity contribution in [2.75, 3.05) is 38.3 Å². The topological polar surface area (TPSA) is 48.0 Å². The van der Waals surface area contributed by atoms with Crippen LogP contribution in [0.3, 0.4) is 0 Å². The lowest BCUT2D eigenvalue weighted by Crippen LogP contribution is -2.24. The van der Waals surface area contributed by atoms with Crippen molar-refractivity contribution < 1.29 is 19.0 Å². The molecule has 29 heavy (non-hydrogen) atoms. The van der Waals surface area contributed by atoms with Crippen molar-refractivity contribution in [3.63, 3.8) is 0 Å². The predicted molar refractivity (Wildman–Crippen MR) is 115 cm³/mol. The summed E-state index contributed by atoms with van der Waals surface area (Å²) in [7, 11) is 1.67. The van der Waals surface area contributed by atoms with Gasteiger partial charge in [-0.2, -0.15) is 0 Å². The fraction of sp³-hybridized carbons (Fsp3) is 0.458. The Bertz CT molecular complexity index is 772. The van der Waals surface area contributed by atoms with Gasteiger partial charge in [-0.25, -0.2) is 0 Å². The normalized spacial score (nSPS) is 17.2. The molecule has 1 fully saturated rings. The fourth-order valence-electron chi connectivity index (χ4n) is 3.67. The van der Waals surface area contributed by atoms with Gasteiger partial charge in [0.25, 0.3) is 0 Å². The van der Waals surface area contributed by atoms with Crippen LogP contribution in [0.15, 0.2) is 48.5 Å². The first-order chi connectivity index (χ1) is 14.0. The van der Waals surface area contributed by atoms with Crippen molar-refractivity contribution >= 4 is 11.5 Å². The molecule has 1 aliphatic heterocycles. The molecule has 0 spiro atoms. The van der Waals surface area contributed by atoms with Gasteiger partial charge in [-0.05, 0) is 54.8 Å². The van der Waals surface area contributed by atoms with Crippen LogP contribution in [-0.4, -0.2) is 45.3 Å². The van der Waals surface area contributed by atoms with Crippen LogP contribution in [0, 0.1) is 0 Å². The number of ketones is 1. The monoisotopic (exact) mass is 397 g/mol. The highest BCUT2D eigenvalue weighted by atomic mass is 16.5. The molecule has 0 amide bonds. The van der Waals surface area contributed by atoms with Crippen LogP contribution < -0.4 is 14.4 Å². The summed E-state index contributed by atoms with van der Waals surface area (Å²) in [4.78, 5) is 13.6. The van der Waals surface area contributed by atoms with Crippen LogP contribution in [0.5, 0.6) is 11.5 Å². The quantitative estimate of drug-likeness (QED) is 0.554. The zero-order chi connectivity index (χ0) is 20.6. The van der Waals surface area contributed by atoms with Crippen molar-refractivity contribution in [3.8, 4) is 11.5 Å². The second-order valence-electron chi connectivity index (χ2n) is 7.69. The molecule has 0 aliphatic carbocycles. The molecule has 0 aromatic heterocycles. The Labute approximate surface area is 173 Å². The molecule has 2 aromatic rings. The molecule has 1 heterocycles. The number of anilines is 1. The van der Waals surface area contributed by atoms with Crippen LogP contribution in [0.2, 0.25) is 0 Å².